The van der Waals surface area contributed by atoms with Crippen molar-refractivity contribution < 1.29 is 0 Å². The lowest BCUT2D eigenvalue weighted by Gasteiger charge is -2.03. The molecule has 0 heterocycles. The molecule has 1 heteroatoms. The first-order valence-electron chi connectivity index (χ1n) is 4.05. The Balaban J connectivity index is 2.52. The Morgan fingerprint density at radius 2 is 2.27 bits per heavy atom. The molecule has 0 N–H and O–H groups in total. The molecule has 1 aliphatic rings. The molecule has 0 amide bonds. The smallest absolute Gasteiger partial charge is 0.0178 e. The lowest BCUT2D eigenvalue weighted by atomic mass is 10.0. The average molecular weight is 211 g/mol. The Labute approximate surface area is 75.8 Å². The van der Waals surface area contributed by atoms with E-state index in [2.05, 4.69) is 41.1 Å². The van der Waals surface area contributed by atoms with E-state index in [0.717, 1.165) is 5.92 Å². The molecule has 0 nitrogen and oxygen atoms in total. The minimum Gasteiger partial charge on any atom is -0.0584 e. The van der Waals surface area contributed by atoms with Crippen LogP contribution in [0.15, 0.2) is 22.7 Å². The van der Waals surface area contributed by atoms with E-state index in [1.165, 1.54) is 17.3 Å². The maximum Gasteiger partial charge on any atom is 0.0178 e. The maximum absolute atomic E-state index is 3.49. The highest BCUT2D eigenvalue weighted by Gasteiger charge is 2.17. The van der Waals surface area contributed by atoms with E-state index in [1.807, 2.05) is 0 Å². The molecule has 1 unspecified atom stereocenters. The molecule has 2 rings (SSSR count). The van der Waals surface area contributed by atoms with E-state index in [-0.39, 0.29) is 0 Å². The summed E-state index contributed by atoms with van der Waals surface area (Å²) in [5.74, 6) is 0.766. The molecule has 1 aliphatic carbocycles. The van der Waals surface area contributed by atoms with Crippen molar-refractivity contribution >= 4 is 15.9 Å². The SMILES string of the molecule is CC1CCc2ccc(Br)cc21. The predicted molar refractivity (Wildman–Crippen MR) is 50.9 cm³/mol. The van der Waals surface area contributed by atoms with Gasteiger partial charge >= 0.3 is 0 Å². The molecule has 0 aromatic heterocycles. The number of rotatable bonds is 0. The summed E-state index contributed by atoms with van der Waals surface area (Å²) >= 11 is 3.49. The second-order valence-electron chi connectivity index (χ2n) is 3.28. The molecule has 1 aromatic rings. The highest BCUT2D eigenvalue weighted by Crippen LogP contribution is 2.33. The summed E-state index contributed by atoms with van der Waals surface area (Å²) in [4.78, 5) is 0. The van der Waals surface area contributed by atoms with Crippen LogP contribution in [-0.2, 0) is 6.42 Å². The summed E-state index contributed by atoms with van der Waals surface area (Å²) in [6.45, 7) is 2.30. The molecule has 0 spiro atoms. The van der Waals surface area contributed by atoms with Crippen LogP contribution in [0.25, 0.3) is 0 Å². The zero-order valence-electron chi connectivity index (χ0n) is 6.60. The molecule has 11 heavy (non-hydrogen) atoms. The van der Waals surface area contributed by atoms with Crippen molar-refractivity contribution in [3.8, 4) is 0 Å². The molecule has 0 fully saturated rings. The summed E-state index contributed by atoms with van der Waals surface area (Å²) in [6, 6.07) is 6.63. The minimum absolute atomic E-state index is 0.766. The zero-order valence-corrected chi connectivity index (χ0v) is 8.19. The number of hydrogen-bond acceptors (Lipinski definition) is 0. The van der Waals surface area contributed by atoms with E-state index in [4.69, 9.17) is 0 Å². The molecule has 0 saturated heterocycles. The second-order valence-corrected chi connectivity index (χ2v) is 4.20. The van der Waals surface area contributed by atoms with Gasteiger partial charge in [-0.25, -0.2) is 0 Å². The fraction of sp³-hybridized carbons (Fsp3) is 0.400. The van der Waals surface area contributed by atoms with Crippen molar-refractivity contribution in [2.45, 2.75) is 25.7 Å². The predicted octanol–water partition coefficient (Wildman–Crippen LogP) is 3.50. The van der Waals surface area contributed by atoms with Crippen molar-refractivity contribution in [2.75, 3.05) is 0 Å². The molecule has 0 bridgehead atoms. The van der Waals surface area contributed by atoms with Crippen LogP contribution >= 0.6 is 15.9 Å². The zero-order chi connectivity index (χ0) is 7.84. The number of fused-ring (bicyclic) bond motifs is 1. The molecule has 0 radical (unpaired) electrons. The van der Waals surface area contributed by atoms with Crippen LogP contribution in [0.1, 0.15) is 30.4 Å². The van der Waals surface area contributed by atoms with E-state index in [0.29, 0.717) is 0 Å². The van der Waals surface area contributed by atoms with Gasteiger partial charge in [0.1, 0.15) is 0 Å². The van der Waals surface area contributed by atoms with E-state index in [1.54, 1.807) is 11.1 Å². The molecule has 0 saturated carbocycles. The van der Waals surface area contributed by atoms with Gasteiger partial charge in [-0.3, -0.25) is 0 Å². The fourth-order valence-electron chi connectivity index (χ4n) is 1.78. The summed E-state index contributed by atoms with van der Waals surface area (Å²) in [7, 11) is 0. The lowest BCUT2D eigenvalue weighted by molar-refractivity contribution is 0.747. The summed E-state index contributed by atoms with van der Waals surface area (Å²) in [5, 5.41) is 0. The third-order valence-electron chi connectivity index (χ3n) is 2.49. The van der Waals surface area contributed by atoms with Gasteiger partial charge < -0.3 is 0 Å². The average Bonchev–Trinajstić information content (AvgIpc) is 2.33. The summed E-state index contributed by atoms with van der Waals surface area (Å²) in [5.41, 5.74) is 3.08. The number of halogens is 1. The van der Waals surface area contributed by atoms with Crippen LogP contribution in [0.4, 0.5) is 0 Å². The lowest BCUT2D eigenvalue weighted by Crippen LogP contribution is -1.85. The van der Waals surface area contributed by atoms with Gasteiger partial charge in [-0.15, -0.1) is 0 Å². The van der Waals surface area contributed by atoms with Crippen LogP contribution in [0.2, 0.25) is 0 Å². The first-order valence-corrected chi connectivity index (χ1v) is 4.85. The standard InChI is InChI=1S/C10H11Br/c1-7-2-3-8-4-5-9(11)6-10(7)8/h4-7H,2-3H2,1H3. The quantitative estimate of drug-likeness (QED) is 0.616. The van der Waals surface area contributed by atoms with Crippen molar-refractivity contribution in [2.24, 2.45) is 0 Å². The number of benzene rings is 1. The van der Waals surface area contributed by atoms with Crippen LogP contribution in [0.5, 0.6) is 0 Å². The van der Waals surface area contributed by atoms with Crippen molar-refractivity contribution in [3.05, 3.63) is 33.8 Å². The largest absolute Gasteiger partial charge is 0.0584 e. The highest BCUT2D eigenvalue weighted by molar-refractivity contribution is 9.10. The topological polar surface area (TPSA) is 0 Å². The Kier molecular flexibility index (Phi) is 1.76. The van der Waals surface area contributed by atoms with Crippen LogP contribution in [0.3, 0.4) is 0 Å². The van der Waals surface area contributed by atoms with Gasteiger partial charge in [0.25, 0.3) is 0 Å². The van der Waals surface area contributed by atoms with Gasteiger partial charge in [0.05, 0.1) is 0 Å². The third-order valence-corrected chi connectivity index (χ3v) is 2.98. The van der Waals surface area contributed by atoms with Gasteiger partial charge in [-0.2, -0.15) is 0 Å². The third kappa shape index (κ3) is 1.22. The van der Waals surface area contributed by atoms with E-state index in [9.17, 15) is 0 Å². The van der Waals surface area contributed by atoms with Crippen LogP contribution < -0.4 is 0 Å². The molecule has 0 aliphatic heterocycles. The summed E-state index contributed by atoms with van der Waals surface area (Å²) < 4.78 is 1.21. The van der Waals surface area contributed by atoms with Crippen LogP contribution in [-0.4, -0.2) is 0 Å². The minimum atomic E-state index is 0.766. The van der Waals surface area contributed by atoms with E-state index >= 15 is 0 Å². The molecular weight excluding hydrogens is 200 g/mol. The maximum atomic E-state index is 3.49. The highest BCUT2D eigenvalue weighted by atomic mass is 79.9. The Morgan fingerprint density at radius 1 is 1.45 bits per heavy atom. The van der Waals surface area contributed by atoms with E-state index < -0.39 is 0 Å². The first-order chi connectivity index (χ1) is 5.27. The fourth-order valence-corrected chi connectivity index (χ4v) is 2.16. The monoisotopic (exact) mass is 210 g/mol. The molecule has 58 valence electrons. The number of aryl methyl sites for hydroxylation is 1. The first kappa shape index (κ1) is 7.35. The van der Waals surface area contributed by atoms with Gasteiger partial charge in [0.2, 0.25) is 0 Å². The van der Waals surface area contributed by atoms with Gasteiger partial charge in [0.15, 0.2) is 0 Å². The second kappa shape index (κ2) is 2.63. The number of hydrogen-bond donors (Lipinski definition) is 0. The van der Waals surface area contributed by atoms with Crippen molar-refractivity contribution in [3.63, 3.8) is 0 Å². The van der Waals surface area contributed by atoms with Crippen molar-refractivity contribution in [1.82, 2.24) is 0 Å². The van der Waals surface area contributed by atoms with Crippen LogP contribution in [0, 0.1) is 0 Å². The Bertz CT molecular complexity index is 278. The molecule has 1 aromatic carbocycles. The molecule has 1 atom stereocenters. The van der Waals surface area contributed by atoms with Gasteiger partial charge in [-0.1, -0.05) is 28.9 Å². The normalized spacial score (nSPS) is 21.8. The van der Waals surface area contributed by atoms with Gasteiger partial charge in [-0.05, 0) is 42.0 Å². The summed E-state index contributed by atoms with van der Waals surface area (Å²) in [6.07, 6.45) is 2.59. The van der Waals surface area contributed by atoms with Gasteiger partial charge in [0, 0.05) is 4.47 Å². The van der Waals surface area contributed by atoms with Crippen molar-refractivity contribution in [1.29, 1.82) is 0 Å². The Morgan fingerprint density at radius 3 is 3.09 bits per heavy atom. The Hall–Kier alpha value is -0.300. The molecular formula is C10H11Br.